The third kappa shape index (κ3) is 4.19. The molecule has 2 aliphatic heterocycles. The maximum atomic E-state index is 13.5. The van der Waals surface area contributed by atoms with Crippen molar-refractivity contribution in [2.75, 3.05) is 24.7 Å². The van der Waals surface area contributed by atoms with Crippen molar-refractivity contribution >= 4 is 60.1 Å². The molecule has 2 aliphatic rings. The van der Waals surface area contributed by atoms with Gasteiger partial charge in [-0.2, -0.15) is 0 Å². The molecule has 38 heavy (non-hydrogen) atoms. The number of carbonyl (C=O) groups is 2. The Morgan fingerprint density at radius 3 is 2.71 bits per heavy atom. The minimum Gasteiger partial charge on any atom is -0.507 e. The molecule has 1 fully saturated rings. The van der Waals surface area contributed by atoms with Gasteiger partial charge in [-0.1, -0.05) is 39.4 Å². The lowest BCUT2D eigenvalue weighted by Gasteiger charge is -2.23. The highest BCUT2D eigenvalue weighted by atomic mass is 79.9. The van der Waals surface area contributed by atoms with Gasteiger partial charge in [0.2, 0.25) is 0 Å². The fourth-order valence-corrected chi connectivity index (χ4v) is 6.06. The Morgan fingerprint density at radius 1 is 1.11 bits per heavy atom. The Hall–Kier alpha value is -3.89. The molecule has 1 saturated heterocycles. The number of carbonyl (C=O) groups excluding carboxylic acids is 2. The van der Waals surface area contributed by atoms with Crippen LogP contribution < -0.4 is 19.1 Å². The minimum atomic E-state index is -0.896. The van der Waals surface area contributed by atoms with E-state index in [4.69, 9.17) is 14.2 Å². The molecule has 1 atom stereocenters. The zero-order valence-electron chi connectivity index (χ0n) is 20.1. The molecule has 10 heteroatoms. The van der Waals surface area contributed by atoms with Gasteiger partial charge in [-0.05, 0) is 61.0 Å². The first-order chi connectivity index (χ1) is 18.4. The SMILES string of the molecule is CCOc1ccc2nc(N3C(=O)C(=O)/C(=C(/O)c4ccc5c(c4)OCCO5)[C@@H]3c3cccc(Br)c3)sc2c1. The topological polar surface area (TPSA) is 98.2 Å². The van der Waals surface area contributed by atoms with E-state index in [0.29, 0.717) is 58.8 Å². The average molecular weight is 593 g/mol. The zero-order valence-corrected chi connectivity index (χ0v) is 22.5. The molecule has 192 valence electrons. The van der Waals surface area contributed by atoms with Crippen molar-refractivity contribution in [3.8, 4) is 17.2 Å². The maximum Gasteiger partial charge on any atom is 0.301 e. The summed E-state index contributed by atoms with van der Waals surface area (Å²) in [4.78, 5) is 33.0. The molecule has 1 amide bonds. The fraction of sp³-hybridized carbons (Fsp3) is 0.179. The number of Topliss-reactive ketones (excluding diaryl/α,β-unsaturated/α-hetero) is 1. The molecule has 3 heterocycles. The Labute approximate surface area is 230 Å². The number of ketones is 1. The summed E-state index contributed by atoms with van der Waals surface area (Å²) in [6.45, 7) is 3.23. The maximum absolute atomic E-state index is 13.5. The lowest BCUT2D eigenvalue weighted by Crippen LogP contribution is -2.29. The van der Waals surface area contributed by atoms with Gasteiger partial charge in [-0.15, -0.1) is 0 Å². The van der Waals surface area contributed by atoms with E-state index in [-0.39, 0.29) is 11.3 Å². The van der Waals surface area contributed by atoms with Crippen LogP contribution in [0, 0.1) is 0 Å². The Morgan fingerprint density at radius 2 is 1.92 bits per heavy atom. The number of anilines is 1. The second-order valence-electron chi connectivity index (χ2n) is 8.64. The van der Waals surface area contributed by atoms with Gasteiger partial charge in [-0.25, -0.2) is 4.98 Å². The summed E-state index contributed by atoms with van der Waals surface area (Å²) in [5.74, 6) is -0.149. The van der Waals surface area contributed by atoms with Crippen LogP contribution in [0.5, 0.6) is 17.2 Å². The van der Waals surface area contributed by atoms with Crippen LogP contribution in [0.15, 0.2) is 70.7 Å². The molecule has 1 N–H and O–H groups in total. The van der Waals surface area contributed by atoms with E-state index in [9.17, 15) is 14.7 Å². The van der Waals surface area contributed by atoms with Gasteiger partial charge < -0.3 is 19.3 Å². The largest absolute Gasteiger partial charge is 0.507 e. The Kier molecular flexibility index (Phi) is 6.29. The second kappa shape index (κ2) is 9.77. The minimum absolute atomic E-state index is 0.0287. The van der Waals surface area contributed by atoms with Gasteiger partial charge in [0.05, 0.1) is 28.4 Å². The van der Waals surface area contributed by atoms with Gasteiger partial charge >= 0.3 is 5.91 Å². The molecular formula is C28H21BrN2O6S. The van der Waals surface area contributed by atoms with Crippen molar-refractivity contribution in [3.63, 3.8) is 0 Å². The van der Waals surface area contributed by atoms with Crippen LogP contribution in [-0.4, -0.2) is 41.6 Å². The first-order valence-electron chi connectivity index (χ1n) is 11.9. The predicted octanol–water partition coefficient (Wildman–Crippen LogP) is 5.86. The van der Waals surface area contributed by atoms with Crippen LogP contribution in [0.2, 0.25) is 0 Å². The number of aliphatic hydroxyl groups is 1. The van der Waals surface area contributed by atoms with Gasteiger partial charge in [0.1, 0.15) is 24.7 Å². The lowest BCUT2D eigenvalue weighted by atomic mass is 9.95. The van der Waals surface area contributed by atoms with E-state index in [2.05, 4.69) is 20.9 Å². The number of halogens is 1. The number of rotatable bonds is 5. The van der Waals surface area contributed by atoms with E-state index in [1.165, 1.54) is 16.2 Å². The number of fused-ring (bicyclic) bond motifs is 2. The summed E-state index contributed by atoms with van der Waals surface area (Å²) in [6.07, 6.45) is 0. The van der Waals surface area contributed by atoms with E-state index < -0.39 is 17.7 Å². The third-order valence-electron chi connectivity index (χ3n) is 6.29. The van der Waals surface area contributed by atoms with Crippen LogP contribution >= 0.6 is 27.3 Å². The van der Waals surface area contributed by atoms with E-state index in [1.54, 1.807) is 18.2 Å². The lowest BCUT2D eigenvalue weighted by molar-refractivity contribution is -0.132. The van der Waals surface area contributed by atoms with E-state index >= 15 is 0 Å². The van der Waals surface area contributed by atoms with Crippen LogP contribution in [0.1, 0.15) is 24.1 Å². The number of ether oxygens (including phenoxy) is 3. The summed E-state index contributed by atoms with van der Waals surface area (Å²) in [5.41, 5.74) is 1.64. The Bertz CT molecular complexity index is 1630. The summed E-state index contributed by atoms with van der Waals surface area (Å²) >= 11 is 4.77. The number of hydrogen-bond acceptors (Lipinski definition) is 8. The number of hydrogen-bond donors (Lipinski definition) is 1. The Balaban J connectivity index is 1.51. The highest BCUT2D eigenvalue weighted by Gasteiger charge is 2.48. The number of aliphatic hydroxyl groups excluding tert-OH is 1. The average Bonchev–Trinajstić information content (AvgIpc) is 3.46. The molecule has 0 bridgehead atoms. The molecule has 6 rings (SSSR count). The molecule has 0 unspecified atom stereocenters. The molecule has 0 aliphatic carbocycles. The first kappa shape index (κ1) is 24.4. The number of aromatic nitrogens is 1. The third-order valence-corrected chi connectivity index (χ3v) is 7.80. The van der Waals surface area contributed by atoms with Crippen molar-refractivity contribution in [2.45, 2.75) is 13.0 Å². The van der Waals surface area contributed by atoms with Crippen LogP contribution in [-0.2, 0) is 9.59 Å². The molecule has 8 nitrogen and oxygen atoms in total. The molecule has 3 aromatic carbocycles. The second-order valence-corrected chi connectivity index (χ2v) is 10.6. The number of amides is 1. The highest BCUT2D eigenvalue weighted by Crippen LogP contribution is 2.45. The monoisotopic (exact) mass is 592 g/mol. The van der Waals surface area contributed by atoms with Crippen molar-refractivity contribution < 1.29 is 28.9 Å². The van der Waals surface area contributed by atoms with E-state index in [1.807, 2.05) is 49.4 Å². The molecule has 0 saturated carbocycles. The van der Waals surface area contributed by atoms with Crippen LogP contribution in [0.3, 0.4) is 0 Å². The fourth-order valence-electron chi connectivity index (χ4n) is 4.62. The summed E-state index contributed by atoms with van der Waals surface area (Å²) in [5, 5.41) is 11.8. The summed E-state index contributed by atoms with van der Waals surface area (Å²) in [7, 11) is 0. The van der Waals surface area contributed by atoms with Crippen LogP contribution in [0.4, 0.5) is 5.13 Å². The number of nitrogens with zero attached hydrogens (tertiary/aromatic N) is 2. The first-order valence-corrected chi connectivity index (χ1v) is 13.6. The van der Waals surface area contributed by atoms with Gasteiger partial charge in [-0.3, -0.25) is 14.5 Å². The molecular weight excluding hydrogens is 572 g/mol. The number of benzene rings is 3. The standard InChI is InChI=1S/C28H21BrN2O6S/c1-2-35-18-7-8-19-22(14-18)38-28(30-19)31-24(15-4-3-5-17(29)12-15)23(26(33)27(31)34)25(32)16-6-9-20-21(13-16)37-11-10-36-20/h3-9,12-14,24,32H,2,10-11H2,1H3/b25-23+/t24-/m0/s1. The van der Waals surface area contributed by atoms with Crippen molar-refractivity contribution in [1.29, 1.82) is 0 Å². The van der Waals surface area contributed by atoms with Crippen LogP contribution in [0.25, 0.3) is 16.0 Å². The van der Waals surface area contributed by atoms with Crippen molar-refractivity contribution in [1.82, 2.24) is 4.98 Å². The zero-order chi connectivity index (χ0) is 26.4. The van der Waals surface area contributed by atoms with Crippen molar-refractivity contribution in [3.05, 3.63) is 81.8 Å². The smallest absolute Gasteiger partial charge is 0.301 e. The highest BCUT2D eigenvalue weighted by molar-refractivity contribution is 9.10. The van der Waals surface area contributed by atoms with Crippen molar-refractivity contribution in [2.24, 2.45) is 0 Å². The molecule has 0 radical (unpaired) electrons. The van der Waals surface area contributed by atoms with Gasteiger partial charge in [0.25, 0.3) is 5.78 Å². The molecule has 4 aromatic rings. The summed E-state index contributed by atoms with van der Waals surface area (Å²) in [6, 6.07) is 16.8. The molecule has 1 aromatic heterocycles. The normalized spacial score (nSPS) is 18.3. The predicted molar refractivity (Wildman–Crippen MR) is 147 cm³/mol. The van der Waals surface area contributed by atoms with E-state index in [0.717, 1.165) is 9.17 Å². The molecule has 0 spiro atoms. The quantitative estimate of drug-likeness (QED) is 0.176. The van der Waals surface area contributed by atoms with Gasteiger partial charge in [0.15, 0.2) is 16.6 Å². The summed E-state index contributed by atoms with van der Waals surface area (Å²) < 4.78 is 18.4. The van der Waals surface area contributed by atoms with Gasteiger partial charge in [0, 0.05) is 10.0 Å². The number of thiazole rings is 1.